The number of para-hydroxylation sites is 1. The molecule has 1 amide bonds. The summed E-state index contributed by atoms with van der Waals surface area (Å²) in [6, 6.07) is 19.9. The molecule has 30 heavy (non-hydrogen) atoms. The highest BCUT2D eigenvalue weighted by atomic mass is 35.5. The Morgan fingerprint density at radius 1 is 1.00 bits per heavy atom. The Labute approximate surface area is 180 Å². The Balaban J connectivity index is 1.58. The van der Waals surface area contributed by atoms with E-state index in [1.807, 2.05) is 13.0 Å². The zero-order valence-electron chi connectivity index (χ0n) is 16.3. The summed E-state index contributed by atoms with van der Waals surface area (Å²) >= 11 is 6.02. The van der Waals surface area contributed by atoms with Gasteiger partial charge in [0.2, 0.25) is 0 Å². The van der Waals surface area contributed by atoms with E-state index >= 15 is 0 Å². The second-order valence-electron chi connectivity index (χ2n) is 6.53. The number of hydrogen-bond acceptors (Lipinski definition) is 4. The fraction of sp³-hybridized carbons (Fsp3) is 0.136. The number of carbonyl (C=O) groups excluding carboxylic acids is 1. The minimum Gasteiger partial charge on any atom is -0.490 e. The molecule has 3 aromatic carbocycles. The van der Waals surface area contributed by atoms with Crippen LogP contribution < -0.4 is 14.8 Å². The first-order valence-corrected chi connectivity index (χ1v) is 11.1. The molecule has 156 valence electrons. The van der Waals surface area contributed by atoms with Crippen LogP contribution in [0.5, 0.6) is 5.75 Å². The van der Waals surface area contributed by atoms with Crippen LogP contribution in [0.25, 0.3) is 0 Å². The van der Waals surface area contributed by atoms with Gasteiger partial charge >= 0.3 is 0 Å². The molecule has 3 rings (SSSR count). The van der Waals surface area contributed by atoms with Crippen LogP contribution in [-0.2, 0) is 10.0 Å². The normalized spacial score (nSPS) is 11.0. The number of halogens is 1. The molecule has 0 atom stereocenters. The number of aryl methyl sites for hydroxylation is 1. The number of nitrogens with one attached hydrogen (secondary N) is 2. The minimum absolute atomic E-state index is 0.152. The first-order valence-electron chi connectivity index (χ1n) is 9.20. The van der Waals surface area contributed by atoms with Gasteiger partial charge in [-0.2, -0.15) is 0 Å². The van der Waals surface area contributed by atoms with Crippen molar-refractivity contribution in [2.45, 2.75) is 11.8 Å². The summed E-state index contributed by atoms with van der Waals surface area (Å²) in [6.07, 6.45) is 0. The van der Waals surface area contributed by atoms with Crippen LogP contribution in [-0.4, -0.2) is 27.5 Å². The number of carbonyl (C=O) groups is 1. The maximum absolute atomic E-state index is 12.5. The van der Waals surface area contributed by atoms with Crippen molar-refractivity contribution < 1.29 is 17.9 Å². The predicted octanol–water partition coefficient (Wildman–Crippen LogP) is 4.26. The van der Waals surface area contributed by atoms with Crippen LogP contribution in [0.1, 0.15) is 15.9 Å². The van der Waals surface area contributed by atoms with Gasteiger partial charge in [-0.05, 0) is 49.4 Å². The van der Waals surface area contributed by atoms with Crippen LogP contribution >= 0.6 is 11.6 Å². The standard InChI is InChI=1S/C22H21ClN2O4S/c1-16-9-11-19(12-10-16)30(27,28)25-18-6-4-5-17(15-18)22(26)24-13-14-29-21-8-3-2-7-20(21)23/h2-12,15,25H,13-14H2,1H3,(H,24,26). The highest BCUT2D eigenvalue weighted by Crippen LogP contribution is 2.22. The topological polar surface area (TPSA) is 84.5 Å². The fourth-order valence-corrected chi connectivity index (χ4v) is 3.88. The van der Waals surface area contributed by atoms with Crippen LogP contribution in [0.2, 0.25) is 5.02 Å². The van der Waals surface area contributed by atoms with E-state index in [2.05, 4.69) is 10.0 Å². The summed E-state index contributed by atoms with van der Waals surface area (Å²) in [7, 11) is -3.74. The lowest BCUT2D eigenvalue weighted by molar-refractivity contribution is 0.0947. The van der Waals surface area contributed by atoms with E-state index in [1.165, 1.54) is 18.2 Å². The molecule has 2 N–H and O–H groups in total. The number of hydrogen-bond donors (Lipinski definition) is 2. The monoisotopic (exact) mass is 444 g/mol. The van der Waals surface area contributed by atoms with Crippen LogP contribution in [0.15, 0.2) is 77.7 Å². The SMILES string of the molecule is Cc1ccc(S(=O)(=O)Nc2cccc(C(=O)NCCOc3ccccc3Cl)c2)cc1. The molecule has 0 saturated carbocycles. The Morgan fingerprint density at radius 2 is 1.73 bits per heavy atom. The Hall–Kier alpha value is -3.03. The van der Waals surface area contributed by atoms with Crippen molar-refractivity contribution in [3.05, 3.63) is 88.9 Å². The van der Waals surface area contributed by atoms with E-state index < -0.39 is 10.0 Å². The van der Waals surface area contributed by atoms with E-state index in [0.717, 1.165) is 5.56 Å². The molecule has 0 bridgehead atoms. The minimum atomic E-state index is -3.74. The molecule has 0 aromatic heterocycles. The average Bonchev–Trinajstić information content (AvgIpc) is 2.72. The molecule has 3 aromatic rings. The van der Waals surface area contributed by atoms with E-state index in [4.69, 9.17) is 16.3 Å². The van der Waals surface area contributed by atoms with Crippen molar-refractivity contribution in [3.63, 3.8) is 0 Å². The summed E-state index contributed by atoms with van der Waals surface area (Å²) in [5.74, 6) is 0.204. The Kier molecular flexibility index (Phi) is 6.97. The van der Waals surface area contributed by atoms with E-state index in [1.54, 1.807) is 48.5 Å². The third-order valence-corrected chi connectivity index (χ3v) is 5.90. The number of ether oxygens (including phenoxy) is 1. The van der Waals surface area contributed by atoms with Gasteiger partial charge in [0, 0.05) is 11.3 Å². The number of amides is 1. The second kappa shape index (κ2) is 9.65. The van der Waals surface area contributed by atoms with Gasteiger partial charge in [0.15, 0.2) is 0 Å². The molecule has 0 spiro atoms. The molecule has 0 radical (unpaired) electrons. The summed E-state index contributed by atoms with van der Waals surface area (Å²) in [5, 5.41) is 3.23. The maximum atomic E-state index is 12.5. The maximum Gasteiger partial charge on any atom is 0.261 e. The van der Waals surface area contributed by atoms with Gasteiger partial charge in [-0.1, -0.05) is 47.5 Å². The fourth-order valence-electron chi connectivity index (χ4n) is 2.64. The summed E-state index contributed by atoms with van der Waals surface area (Å²) in [4.78, 5) is 12.5. The number of sulfonamides is 1. The van der Waals surface area contributed by atoms with E-state index in [9.17, 15) is 13.2 Å². The van der Waals surface area contributed by atoms with Gasteiger partial charge in [0.25, 0.3) is 15.9 Å². The van der Waals surface area contributed by atoms with Gasteiger partial charge in [-0.25, -0.2) is 8.42 Å². The highest BCUT2D eigenvalue weighted by Gasteiger charge is 2.15. The Morgan fingerprint density at radius 3 is 2.47 bits per heavy atom. The van der Waals surface area contributed by atoms with Crippen molar-refractivity contribution in [1.82, 2.24) is 5.32 Å². The third kappa shape index (κ3) is 5.75. The number of benzene rings is 3. The number of anilines is 1. The first kappa shape index (κ1) is 21.7. The van der Waals surface area contributed by atoms with Crippen molar-refractivity contribution >= 4 is 33.2 Å². The van der Waals surface area contributed by atoms with Gasteiger partial charge in [0.1, 0.15) is 12.4 Å². The van der Waals surface area contributed by atoms with Crippen molar-refractivity contribution in [3.8, 4) is 5.75 Å². The van der Waals surface area contributed by atoms with Gasteiger partial charge in [-0.15, -0.1) is 0 Å². The van der Waals surface area contributed by atoms with Crippen molar-refractivity contribution in [2.75, 3.05) is 17.9 Å². The molecule has 0 fully saturated rings. The summed E-state index contributed by atoms with van der Waals surface area (Å²) < 4.78 is 33.1. The largest absolute Gasteiger partial charge is 0.490 e. The molecule has 0 saturated heterocycles. The van der Waals surface area contributed by atoms with E-state index in [0.29, 0.717) is 22.0 Å². The first-order chi connectivity index (χ1) is 14.3. The molecule has 0 unspecified atom stereocenters. The third-order valence-electron chi connectivity index (χ3n) is 4.19. The zero-order valence-corrected chi connectivity index (χ0v) is 17.8. The molecule has 0 heterocycles. The van der Waals surface area contributed by atoms with Crippen LogP contribution in [0, 0.1) is 6.92 Å². The van der Waals surface area contributed by atoms with Gasteiger partial charge < -0.3 is 10.1 Å². The molecule has 6 nitrogen and oxygen atoms in total. The zero-order chi connectivity index (χ0) is 21.6. The molecule has 0 aliphatic carbocycles. The summed E-state index contributed by atoms with van der Waals surface area (Å²) in [6.45, 7) is 2.39. The van der Waals surface area contributed by atoms with Crippen molar-refractivity contribution in [1.29, 1.82) is 0 Å². The summed E-state index contributed by atoms with van der Waals surface area (Å²) in [5.41, 5.74) is 1.60. The highest BCUT2D eigenvalue weighted by molar-refractivity contribution is 7.92. The lowest BCUT2D eigenvalue weighted by Gasteiger charge is -2.11. The molecule has 0 aliphatic heterocycles. The smallest absolute Gasteiger partial charge is 0.261 e. The van der Waals surface area contributed by atoms with Crippen LogP contribution in [0.4, 0.5) is 5.69 Å². The quantitative estimate of drug-likeness (QED) is 0.508. The lowest BCUT2D eigenvalue weighted by atomic mass is 10.2. The van der Waals surface area contributed by atoms with Gasteiger partial charge in [0.05, 0.1) is 16.5 Å². The molecule has 8 heteroatoms. The predicted molar refractivity (Wildman–Crippen MR) is 118 cm³/mol. The molecular weight excluding hydrogens is 424 g/mol. The second-order valence-corrected chi connectivity index (χ2v) is 8.62. The number of rotatable bonds is 8. The molecular formula is C22H21ClN2O4S. The Bertz CT molecular complexity index is 1130. The molecule has 0 aliphatic rings. The van der Waals surface area contributed by atoms with E-state index in [-0.39, 0.29) is 24.0 Å². The van der Waals surface area contributed by atoms with Crippen LogP contribution in [0.3, 0.4) is 0 Å². The van der Waals surface area contributed by atoms with Crippen molar-refractivity contribution in [2.24, 2.45) is 0 Å². The average molecular weight is 445 g/mol. The lowest BCUT2D eigenvalue weighted by Crippen LogP contribution is -2.28. The van der Waals surface area contributed by atoms with Gasteiger partial charge in [-0.3, -0.25) is 9.52 Å².